The number of carbonyl (C=O) groups excluding carboxylic acids is 2. The van der Waals surface area contributed by atoms with Gasteiger partial charge in [0, 0.05) is 50.3 Å². The molecule has 2 amide bonds. The third kappa shape index (κ3) is 6.30. The molecule has 0 saturated carbocycles. The molecule has 0 spiro atoms. The number of rotatable bonds is 4. The van der Waals surface area contributed by atoms with Crippen molar-refractivity contribution in [3.8, 4) is 0 Å². The Hall–Kier alpha value is -4.51. The van der Waals surface area contributed by atoms with Crippen molar-refractivity contribution in [3.63, 3.8) is 0 Å². The number of hydrogen-bond acceptors (Lipinski definition) is 8. The van der Waals surface area contributed by atoms with Gasteiger partial charge in [-0.15, -0.1) is 0 Å². The van der Waals surface area contributed by atoms with Crippen molar-refractivity contribution in [2.45, 2.75) is 32.1 Å². The summed E-state index contributed by atoms with van der Waals surface area (Å²) in [6.07, 6.45) is 11.8. The Kier molecular flexibility index (Phi) is 7.51. The van der Waals surface area contributed by atoms with Gasteiger partial charge in [-0.1, -0.05) is 11.6 Å². The smallest absolute Gasteiger partial charge is 0.257 e. The number of amides is 2. The molecular formula is C29H30ClN9O2. The lowest BCUT2D eigenvalue weighted by molar-refractivity contribution is -0.117. The predicted octanol–water partition coefficient (Wildman–Crippen LogP) is 4.73. The first-order chi connectivity index (χ1) is 19.9. The highest BCUT2D eigenvalue weighted by Crippen LogP contribution is 2.30. The Morgan fingerprint density at radius 1 is 1.05 bits per heavy atom. The van der Waals surface area contributed by atoms with Gasteiger partial charge in [-0.05, 0) is 67.0 Å². The zero-order valence-corrected chi connectivity index (χ0v) is 23.4. The first-order valence-electron chi connectivity index (χ1n) is 13.6. The van der Waals surface area contributed by atoms with Gasteiger partial charge in [-0.3, -0.25) is 19.3 Å². The van der Waals surface area contributed by atoms with E-state index in [2.05, 4.69) is 36.0 Å². The van der Waals surface area contributed by atoms with Gasteiger partial charge < -0.3 is 20.9 Å². The number of halogens is 1. The second-order valence-corrected chi connectivity index (χ2v) is 10.9. The number of carbonyl (C=O) groups is 2. The lowest BCUT2D eigenvalue weighted by Gasteiger charge is -2.31. The molecule has 2 aliphatic rings. The zero-order chi connectivity index (χ0) is 28.3. The Balaban J connectivity index is 1.14. The van der Waals surface area contributed by atoms with Gasteiger partial charge in [0.1, 0.15) is 5.02 Å². The largest absolute Gasteiger partial charge is 0.339 e. The lowest BCUT2D eigenvalue weighted by Crippen LogP contribution is -2.39. The molecule has 3 N–H and O–H groups in total. The van der Waals surface area contributed by atoms with Gasteiger partial charge in [0.05, 0.1) is 29.8 Å². The van der Waals surface area contributed by atoms with E-state index in [9.17, 15) is 9.59 Å². The van der Waals surface area contributed by atoms with Crippen molar-refractivity contribution in [3.05, 3.63) is 77.0 Å². The van der Waals surface area contributed by atoms with Crippen molar-refractivity contribution in [1.29, 1.82) is 0 Å². The second-order valence-electron chi connectivity index (χ2n) is 10.5. The van der Waals surface area contributed by atoms with Crippen LogP contribution in [-0.4, -0.2) is 54.5 Å². The molecule has 3 aromatic heterocycles. The molecule has 6 rings (SSSR count). The molecule has 0 aliphatic carbocycles. The normalized spacial score (nSPS) is 15.0. The number of nitrogens with one attached hydrogen (secondary N) is 3. The molecule has 4 aromatic rings. The molecule has 1 fully saturated rings. The number of likely N-dealkylation sites (tertiary alicyclic amines) is 1. The topological polar surface area (TPSA) is 130 Å². The molecule has 0 atom stereocenters. The monoisotopic (exact) mass is 571 g/mol. The summed E-state index contributed by atoms with van der Waals surface area (Å²) in [5.74, 6) is 1.06. The van der Waals surface area contributed by atoms with E-state index in [1.165, 1.54) is 0 Å². The number of fused-ring (bicyclic) bond motifs is 6. The summed E-state index contributed by atoms with van der Waals surface area (Å²) in [5.41, 5.74) is 4.99. The van der Waals surface area contributed by atoms with Gasteiger partial charge in [0.15, 0.2) is 5.82 Å². The van der Waals surface area contributed by atoms with E-state index in [0.29, 0.717) is 48.3 Å². The molecule has 1 saturated heterocycles. The van der Waals surface area contributed by atoms with Crippen LogP contribution in [0.15, 0.2) is 55.2 Å². The van der Waals surface area contributed by atoms with Crippen LogP contribution < -0.4 is 16.0 Å². The number of aromatic nitrogens is 5. The third-order valence-electron chi connectivity index (χ3n) is 7.45. The number of pyridine rings is 1. The van der Waals surface area contributed by atoms with Crippen LogP contribution in [0.4, 0.5) is 28.8 Å². The van der Waals surface area contributed by atoms with Crippen LogP contribution in [0.5, 0.6) is 0 Å². The fourth-order valence-electron chi connectivity index (χ4n) is 5.27. The molecule has 12 heteroatoms. The Labute approximate surface area is 242 Å². The van der Waals surface area contributed by atoms with E-state index in [4.69, 9.17) is 11.6 Å². The van der Waals surface area contributed by atoms with Crippen molar-refractivity contribution in [2.24, 2.45) is 13.0 Å². The van der Waals surface area contributed by atoms with E-state index in [1.54, 1.807) is 36.5 Å². The summed E-state index contributed by atoms with van der Waals surface area (Å²) in [6, 6.07) is 7.84. The standard InChI is InChI=1S/C29H30ClN9O2/c1-38-17-21(14-33-38)28(41)39-8-6-18(7-9-39)11-26(40)36-25-5-4-22-12-20(25)3-2-19-10-23(15-31-13-19)35-29-32-16-24(30)27(34-22)37-29/h4-5,10,12-18H,2-3,6-9,11H2,1H3,(H,36,40)(H2,32,34,35,37). The third-order valence-corrected chi connectivity index (χ3v) is 7.72. The number of piperidine rings is 1. The minimum Gasteiger partial charge on any atom is -0.339 e. The number of anilines is 5. The van der Waals surface area contributed by atoms with Crippen LogP contribution in [0.2, 0.25) is 5.02 Å². The number of benzene rings is 1. The van der Waals surface area contributed by atoms with Crippen LogP contribution in [0.25, 0.3) is 0 Å². The summed E-state index contributed by atoms with van der Waals surface area (Å²) in [4.78, 5) is 40.9. The van der Waals surface area contributed by atoms with Crippen LogP contribution in [-0.2, 0) is 24.7 Å². The molecule has 0 unspecified atom stereocenters. The molecule has 1 aromatic carbocycles. The van der Waals surface area contributed by atoms with Crippen molar-refractivity contribution in [2.75, 3.05) is 29.0 Å². The average molecular weight is 572 g/mol. The van der Waals surface area contributed by atoms with Crippen LogP contribution >= 0.6 is 11.6 Å². The number of hydrogen-bond donors (Lipinski definition) is 3. The zero-order valence-electron chi connectivity index (χ0n) is 22.6. The quantitative estimate of drug-likeness (QED) is 0.321. The number of nitrogens with zero attached hydrogens (tertiary/aromatic N) is 6. The summed E-state index contributed by atoms with van der Waals surface area (Å²) in [5, 5.41) is 14.1. The fourth-order valence-corrected chi connectivity index (χ4v) is 5.41. The predicted molar refractivity (Wildman–Crippen MR) is 157 cm³/mol. The van der Waals surface area contributed by atoms with Crippen LogP contribution in [0, 0.1) is 5.92 Å². The van der Waals surface area contributed by atoms with E-state index in [0.717, 1.165) is 47.5 Å². The summed E-state index contributed by atoms with van der Waals surface area (Å²) in [7, 11) is 1.80. The molecule has 5 heterocycles. The molecule has 6 bridgehead atoms. The van der Waals surface area contributed by atoms with E-state index >= 15 is 0 Å². The average Bonchev–Trinajstić information content (AvgIpc) is 3.41. The van der Waals surface area contributed by atoms with Gasteiger partial charge in [-0.2, -0.15) is 10.1 Å². The fraction of sp³-hybridized carbons (Fsp3) is 0.310. The second kappa shape index (κ2) is 11.5. The highest BCUT2D eigenvalue weighted by Gasteiger charge is 2.26. The number of aryl methyl sites for hydroxylation is 3. The lowest BCUT2D eigenvalue weighted by atomic mass is 9.92. The van der Waals surface area contributed by atoms with E-state index < -0.39 is 0 Å². The minimum absolute atomic E-state index is 0.00861. The van der Waals surface area contributed by atoms with E-state index in [1.807, 2.05) is 35.4 Å². The minimum atomic E-state index is -0.0294. The summed E-state index contributed by atoms with van der Waals surface area (Å²) in [6.45, 7) is 1.26. The Morgan fingerprint density at radius 3 is 2.71 bits per heavy atom. The van der Waals surface area contributed by atoms with Crippen molar-refractivity contribution in [1.82, 2.24) is 29.6 Å². The molecule has 0 radical (unpaired) electrons. The summed E-state index contributed by atoms with van der Waals surface area (Å²) < 4.78 is 1.63. The molecular weight excluding hydrogens is 542 g/mol. The van der Waals surface area contributed by atoms with Crippen molar-refractivity contribution >= 4 is 52.2 Å². The SMILES string of the molecule is Cn1cc(C(=O)N2CCC(CC(=O)Nc3ccc4cc3CCc3cncc(c3)Nc3ncc(Cl)c(n3)N4)CC2)cn1. The maximum atomic E-state index is 13.1. The Morgan fingerprint density at radius 2 is 1.90 bits per heavy atom. The maximum Gasteiger partial charge on any atom is 0.257 e. The van der Waals surface area contributed by atoms with Gasteiger partial charge >= 0.3 is 0 Å². The highest BCUT2D eigenvalue weighted by atomic mass is 35.5. The van der Waals surface area contributed by atoms with Crippen LogP contribution in [0.3, 0.4) is 0 Å². The Bertz CT molecular complexity index is 1600. The van der Waals surface area contributed by atoms with Crippen molar-refractivity contribution < 1.29 is 9.59 Å². The molecule has 2 aliphatic heterocycles. The van der Waals surface area contributed by atoms with Gasteiger partial charge in [0.25, 0.3) is 5.91 Å². The van der Waals surface area contributed by atoms with Crippen LogP contribution in [0.1, 0.15) is 40.7 Å². The highest BCUT2D eigenvalue weighted by molar-refractivity contribution is 6.32. The molecule has 210 valence electrons. The summed E-state index contributed by atoms with van der Waals surface area (Å²) >= 11 is 6.37. The maximum absolute atomic E-state index is 13.1. The first-order valence-corrected chi connectivity index (χ1v) is 14.0. The van der Waals surface area contributed by atoms with E-state index in [-0.39, 0.29) is 17.7 Å². The molecule has 41 heavy (non-hydrogen) atoms. The molecule has 11 nitrogen and oxygen atoms in total. The van der Waals surface area contributed by atoms with Gasteiger partial charge in [-0.25, -0.2) is 4.98 Å². The first kappa shape index (κ1) is 26.7. The van der Waals surface area contributed by atoms with Gasteiger partial charge in [0.2, 0.25) is 11.9 Å².